The lowest BCUT2D eigenvalue weighted by atomic mass is 10.0. The molecule has 0 bridgehead atoms. The van der Waals surface area contributed by atoms with Gasteiger partial charge in [0.2, 0.25) is 0 Å². The highest BCUT2D eigenvalue weighted by Gasteiger charge is 2.16. The maximum absolute atomic E-state index is 12.0. The topological polar surface area (TPSA) is 95.5 Å². The van der Waals surface area contributed by atoms with Crippen LogP contribution in [0, 0.1) is 0 Å². The first-order chi connectivity index (χ1) is 19.5. The van der Waals surface area contributed by atoms with Crippen molar-refractivity contribution < 1.29 is 37.5 Å². The molecule has 0 aromatic carbocycles. The third-order valence-electron chi connectivity index (χ3n) is 6.71. The van der Waals surface area contributed by atoms with Gasteiger partial charge in [-0.3, -0.25) is 4.57 Å². The maximum atomic E-state index is 12.0. The Morgan fingerprint density at radius 3 is 1.60 bits per heavy atom. The molecular formula is C31H64O8P-. The van der Waals surface area contributed by atoms with Crippen LogP contribution in [0.15, 0.2) is 0 Å². The molecule has 2 unspecified atom stereocenters. The summed E-state index contributed by atoms with van der Waals surface area (Å²) in [4.78, 5) is 12.0. The van der Waals surface area contributed by atoms with E-state index in [2.05, 4.69) is 6.92 Å². The van der Waals surface area contributed by atoms with Crippen LogP contribution in [0.1, 0.15) is 143 Å². The smallest absolute Gasteiger partial charge is 0.267 e. The van der Waals surface area contributed by atoms with E-state index in [-0.39, 0.29) is 19.5 Å². The van der Waals surface area contributed by atoms with E-state index in [0.29, 0.717) is 39.5 Å². The molecule has 0 aromatic rings. The fourth-order valence-electron chi connectivity index (χ4n) is 4.42. The average molecular weight is 596 g/mol. The van der Waals surface area contributed by atoms with E-state index in [1.807, 2.05) is 20.8 Å². The Morgan fingerprint density at radius 1 is 0.550 bits per heavy atom. The van der Waals surface area contributed by atoms with E-state index >= 15 is 0 Å². The lowest BCUT2D eigenvalue weighted by molar-refractivity contribution is -0.228. The molecular weight excluding hydrogens is 531 g/mol. The molecule has 2 atom stereocenters. The number of phosphoric ester groups is 1. The van der Waals surface area contributed by atoms with E-state index in [4.69, 9.17) is 28.0 Å². The quantitative estimate of drug-likeness (QED) is 0.0424. The normalized spacial score (nSPS) is 14.2. The van der Waals surface area contributed by atoms with Crippen LogP contribution in [-0.4, -0.2) is 58.6 Å². The first-order valence-corrected chi connectivity index (χ1v) is 18.0. The zero-order valence-electron chi connectivity index (χ0n) is 26.5. The van der Waals surface area contributed by atoms with Crippen LogP contribution in [0.25, 0.3) is 0 Å². The second kappa shape index (κ2) is 30.4. The van der Waals surface area contributed by atoms with Crippen molar-refractivity contribution >= 4 is 7.82 Å². The van der Waals surface area contributed by atoms with E-state index in [1.54, 1.807) is 0 Å². The summed E-state index contributed by atoms with van der Waals surface area (Å²) in [6.07, 6.45) is 20.9. The standard InChI is InChI=1S/C31H65O8P/c1-5-9-10-11-12-13-14-15-16-17-18-19-20-22-26-34-28-30(29-39-40(32,33)38-25-6-2)37-27-23-21-24-31(35-7-3)36-8-4/h30-31H,5-29H2,1-4H3,(H,32,33)/p-1. The molecule has 8 nitrogen and oxygen atoms in total. The fraction of sp³-hybridized carbons (Fsp3) is 1.00. The highest BCUT2D eigenvalue weighted by Crippen LogP contribution is 2.38. The first-order valence-electron chi connectivity index (χ1n) is 16.5. The Hall–Kier alpha value is -0.0500. The average Bonchev–Trinajstić information content (AvgIpc) is 2.94. The molecule has 9 heteroatoms. The minimum atomic E-state index is -4.33. The Kier molecular flexibility index (Phi) is 30.4. The molecule has 0 aliphatic carbocycles. The molecule has 0 amide bonds. The van der Waals surface area contributed by atoms with Gasteiger partial charge in [-0.05, 0) is 46.0 Å². The van der Waals surface area contributed by atoms with Gasteiger partial charge in [0, 0.05) is 26.4 Å². The molecule has 0 aromatic heterocycles. The first kappa shape index (κ1) is 40.0. The van der Waals surface area contributed by atoms with Crippen molar-refractivity contribution in [3.63, 3.8) is 0 Å². The summed E-state index contributed by atoms with van der Waals surface area (Å²) in [6, 6.07) is 0. The highest BCUT2D eigenvalue weighted by atomic mass is 31.2. The van der Waals surface area contributed by atoms with Gasteiger partial charge < -0.3 is 32.9 Å². The second-order valence-corrected chi connectivity index (χ2v) is 12.0. The van der Waals surface area contributed by atoms with Crippen LogP contribution >= 0.6 is 7.82 Å². The van der Waals surface area contributed by atoms with Crippen LogP contribution in [0.4, 0.5) is 0 Å². The third kappa shape index (κ3) is 28.1. The number of hydrogen-bond acceptors (Lipinski definition) is 8. The highest BCUT2D eigenvalue weighted by molar-refractivity contribution is 7.45. The van der Waals surface area contributed by atoms with Crippen molar-refractivity contribution in [2.75, 3.05) is 46.2 Å². The van der Waals surface area contributed by atoms with Gasteiger partial charge in [0.05, 0.1) is 19.8 Å². The zero-order chi connectivity index (χ0) is 29.6. The van der Waals surface area contributed by atoms with Gasteiger partial charge in [0.15, 0.2) is 6.29 Å². The molecule has 0 saturated carbocycles. The van der Waals surface area contributed by atoms with Crippen molar-refractivity contribution in [2.24, 2.45) is 0 Å². The predicted molar refractivity (Wildman–Crippen MR) is 162 cm³/mol. The van der Waals surface area contributed by atoms with E-state index in [1.165, 1.54) is 77.0 Å². The van der Waals surface area contributed by atoms with Crippen molar-refractivity contribution in [1.82, 2.24) is 0 Å². The van der Waals surface area contributed by atoms with Gasteiger partial charge in [-0.2, -0.15) is 0 Å². The molecule has 0 saturated heterocycles. The van der Waals surface area contributed by atoms with Crippen LogP contribution < -0.4 is 4.89 Å². The van der Waals surface area contributed by atoms with E-state index < -0.39 is 13.9 Å². The maximum Gasteiger partial charge on any atom is 0.267 e. The minimum Gasteiger partial charge on any atom is -0.756 e. The van der Waals surface area contributed by atoms with Gasteiger partial charge in [0.1, 0.15) is 6.10 Å². The van der Waals surface area contributed by atoms with Gasteiger partial charge in [-0.25, -0.2) is 0 Å². The van der Waals surface area contributed by atoms with Crippen molar-refractivity contribution in [2.45, 2.75) is 156 Å². The number of phosphoric acid groups is 1. The minimum absolute atomic E-state index is 0.107. The fourth-order valence-corrected chi connectivity index (χ4v) is 5.25. The molecule has 40 heavy (non-hydrogen) atoms. The van der Waals surface area contributed by atoms with Gasteiger partial charge >= 0.3 is 0 Å². The van der Waals surface area contributed by atoms with E-state index in [0.717, 1.165) is 32.1 Å². The number of unbranched alkanes of at least 4 members (excludes halogenated alkanes) is 14. The molecule has 0 aliphatic rings. The largest absolute Gasteiger partial charge is 0.756 e. The molecule has 242 valence electrons. The molecule has 0 rings (SSSR count). The van der Waals surface area contributed by atoms with Crippen molar-refractivity contribution in [1.29, 1.82) is 0 Å². The summed E-state index contributed by atoms with van der Waals surface area (Å²) in [5, 5.41) is 0. The molecule has 0 radical (unpaired) electrons. The van der Waals surface area contributed by atoms with Crippen LogP contribution in [-0.2, 0) is 32.6 Å². The summed E-state index contributed by atoms with van der Waals surface area (Å²) in [5.74, 6) is 0. The Labute approximate surface area is 247 Å². The van der Waals surface area contributed by atoms with Gasteiger partial charge in [0.25, 0.3) is 7.82 Å². The van der Waals surface area contributed by atoms with Crippen molar-refractivity contribution in [3.8, 4) is 0 Å². The number of hydrogen-bond donors (Lipinski definition) is 0. The van der Waals surface area contributed by atoms with E-state index in [9.17, 15) is 9.46 Å². The molecule has 0 fully saturated rings. The zero-order valence-corrected chi connectivity index (χ0v) is 27.4. The summed E-state index contributed by atoms with van der Waals surface area (Å²) in [5.41, 5.74) is 0. The predicted octanol–water partition coefficient (Wildman–Crippen LogP) is 8.35. The molecule has 0 spiro atoms. The molecule has 0 heterocycles. The third-order valence-corrected chi connectivity index (χ3v) is 7.67. The number of ether oxygens (including phenoxy) is 4. The van der Waals surface area contributed by atoms with Crippen molar-refractivity contribution in [3.05, 3.63) is 0 Å². The monoisotopic (exact) mass is 595 g/mol. The summed E-state index contributed by atoms with van der Waals surface area (Å²) in [6.45, 7) is 10.7. The van der Waals surface area contributed by atoms with Gasteiger partial charge in [-0.15, -0.1) is 0 Å². The second-order valence-electron chi connectivity index (χ2n) is 10.6. The summed E-state index contributed by atoms with van der Waals surface area (Å²) >= 11 is 0. The SMILES string of the molecule is CCCCCCCCCCCCCCCCOCC(COP(=O)([O-])OCCC)OCCCCC(OCC)OCC. The van der Waals surface area contributed by atoms with Gasteiger partial charge in [-0.1, -0.05) is 97.3 Å². The Bertz CT molecular complexity index is 545. The molecule has 0 aliphatic heterocycles. The lowest BCUT2D eigenvalue weighted by Gasteiger charge is -2.25. The van der Waals surface area contributed by atoms with Crippen LogP contribution in [0.3, 0.4) is 0 Å². The Morgan fingerprint density at radius 2 is 1.07 bits per heavy atom. The summed E-state index contributed by atoms with van der Waals surface area (Å²) in [7, 11) is -4.33. The van der Waals surface area contributed by atoms with Crippen LogP contribution in [0.2, 0.25) is 0 Å². The van der Waals surface area contributed by atoms with Crippen LogP contribution in [0.5, 0.6) is 0 Å². The number of rotatable bonds is 33. The lowest BCUT2D eigenvalue weighted by Crippen LogP contribution is -2.27. The summed E-state index contributed by atoms with van der Waals surface area (Å²) < 4.78 is 44.8. The Balaban J connectivity index is 4.04. The molecule has 0 N–H and O–H groups in total.